The molecular weight excluding hydrogens is 176 g/mol. The van der Waals surface area contributed by atoms with Crippen molar-refractivity contribution in [1.29, 1.82) is 0 Å². The van der Waals surface area contributed by atoms with E-state index in [0.29, 0.717) is 0 Å². The lowest BCUT2D eigenvalue weighted by Crippen LogP contribution is -2.52. The molecule has 0 aliphatic rings. The highest BCUT2D eigenvalue weighted by Crippen LogP contribution is 2.11. The third kappa shape index (κ3) is 4.61. The van der Waals surface area contributed by atoms with E-state index in [9.17, 15) is 4.79 Å². The van der Waals surface area contributed by atoms with Crippen LogP contribution in [0.2, 0.25) is 0 Å². The number of hydrogen-bond acceptors (Lipinski definition) is 2. The number of nitrogens with one attached hydrogen (secondary N) is 1. The largest absolute Gasteiger partial charge is 0.350 e. The summed E-state index contributed by atoms with van der Waals surface area (Å²) < 4.78 is 0. The van der Waals surface area contributed by atoms with E-state index in [-0.39, 0.29) is 17.4 Å². The minimum Gasteiger partial charge on any atom is -0.350 e. The van der Waals surface area contributed by atoms with Gasteiger partial charge in [0.15, 0.2) is 0 Å². The predicted octanol–water partition coefficient (Wildman–Crippen LogP) is 1.66. The first-order chi connectivity index (χ1) is 6.30. The summed E-state index contributed by atoms with van der Waals surface area (Å²) in [4.78, 5) is 11.6. The second kappa shape index (κ2) is 5.35. The van der Waals surface area contributed by atoms with Crippen LogP contribution in [-0.4, -0.2) is 17.5 Å². The number of hydrogen-bond donors (Lipinski definition) is 2. The van der Waals surface area contributed by atoms with Crippen molar-refractivity contribution < 1.29 is 4.79 Å². The molecule has 0 fully saturated rings. The molecule has 0 heterocycles. The van der Waals surface area contributed by atoms with Crippen LogP contribution in [0.5, 0.6) is 0 Å². The lowest BCUT2D eigenvalue weighted by Gasteiger charge is -2.28. The zero-order valence-corrected chi connectivity index (χ0v) is 10.1. The highest BCUT2D eigenvalue weighted by atomic mass is 16.2. The molecule has 0 aromatic heterocycles. The zero-order valence-electron chi connectivity index (χ0n) is 10.1. The molecule has 0 aromatic carbocycles. The van der Waals surface area contributed by atoms with Crippen molar-refractivity contribution in [2.24, 2.45) is 11.7 Å². The van der Waals surface area contributed by atoms with Gasteiger partial charge in [-0.05, 0) is 26.2 Å². The summed E-state index contributed by atoms with van der Waals surface area (Å²) in [6.45, 7) is 10.1. The van der Waals surface area contributed by atoms with Crippen molar-refractivity contribution in [3.8, 4) is 0 Å². The summed E-state index contributed by atoms with van der Waals surface area (Å²) in [5, 5.41) is 2.97. The van der Waals surface area contributed by atoms with Gasteiger partial charge >= 0.3 is 0 Å². The molecule has 84 valence electrons. The summed E-state index contributed by atoms with van der Waals surface area (Å²) in [5.41, 5.74) is 5.61. The second-order valence-corrected chi connectivity index (χ2v) is 4.89. The summed E-state index contributed by atoms with van der Waals surface area (Å²) in [5.74, 6) is 0.144. The van der Waals surface area contributed by atoms with Crippen LogP contribution in [-0.2, 0) is 4.79 Å². The van der Waals surface area contributed by atoms with Crippen LogP contribution in [0, 0.1) is 5.92 Å². The molecule has 1 unspecified atom stereocenters. The first kappa shape index (κ1) is 13.4. The number of carbonyl (C=O) groups is 1. The molecule has 0 radical (unpaired) electrons. The first-order valence-electron chi connectivity index (χ1n) is 5.37. The van der Waals surface area contributed by atoms with Gasteiger partial charge in [-0.2, -0.15) is 0 Å². The SMILES string of the molecule is CCCC(C)(C)NC(=O)C(N)C(C)C. The Labute approximate surface area is 87.4 Å². The smallest absolute Gasteiger partial charge is 0.237 e. The van der Waals surface area contributed by atoms with Crippen LogP contribution >= 0.6 is 0 Å². The Morgan fingerprint density at radius 2 is 1.93 bits per heavy atom. The van der Waals surface area contributed by atoms with Crippen molar-refractivity contribution in [2.45, 2.75) is 59.0 Å². The van der Waals surface area contributed by atoms with Gasteiger partial charge in [0, 0.05) is 5.54 Å². The topological polar surface area (TPSA) is 55.1 Å². The lowest BCUT2D eigenvalue weighted by atomic mass is 9.97. The average molecular weight is 200 g/mol. The van der Waals surface area contributed by atoms with Crippen molar-refractivity contribution in [3.05, 3.63) is 0 Å². The van der Waals surface area contributed by atoms with Crippen molar-refractivity contribution in [3.63, 3.8) is 0 Å². The Bertz CT molecular complexity index is 188. The molecule has 0 saturated carbocycles. The Kier molecular flexibility index (Phi) is 5.13. The zero-order chi connectivity index (χ0) is 11.4. The fourth-order valence-corrected chi connectivity index (χ4v) is 1.41. The molecule has 0 spiro atoms. The summed E-state index contributed by atoms with van der Waals surface area (Å²) in [6, 6.07) is -0.397. The van der Waals surface area contributed by atoms with Gasteiger partial charge in [-0.15, -0.1) is 0 Å². The molecule has 14 heavy (non-hydrogen) atoms. The van der Waals surface area contributed by atoms with Crippen LogP contribution in [0.15, 0.2) is 0 Å². The Hall–Kier alpha value is -0.570. The maximum atomic E-state index is 11.6. The maximum absolute atomic E-state index is 11.6. The highest BCUT2D eigenvalue weighted by molar-refractivity contribution is 5.82. The molecule has 0 aliphatic heterocycles. The average Bonchev–Trinajstić information content (AvgIpc) is 2.01. The number of rotatable bonds is 5. The minimum absolute atomic E-state index is 0.0431. The van der Waals surface area contributed by atoms with Gasteiger partial charge in [0.1, 0.15) is 0 Å². The molecule has 0 aromatic rings. The third-order valence-electron chi connectivity index (χ3n) is 2.36. The summed E-state index contributed by atoms with van der Waals surface area (Å²) in [6.07, 6.45) is 2.04. The van der Waals surface area contributed by atoms with Gasteiger partial charge in [-0.3, -0.25) is 4.79 Å². The molecule has 3 N–H and O–H groups in total. The monoisotopic (exact) mass is 200 g/mol. The highest BCUT2D eigenvalue weighted by Gasteiger charge is 2.24. The van der Waals surface area contributed by atoms with Gasteiger partial charge in [-0.25, -0.2) is 0 Å². The second-order valence-electron chi connectivity index (χ2n) is 4.89. The molecular formula is C11H24N2O. The van der Waals surface area contributed by atoms with Crippen LogP contribution in [0.4, 0.5) is 0 Å². The van der Waals surface area contributed by atoms with Gasteiger partial charge < -0.3 is 11.1 Å². The van der Waals surface area contributed by atoms with Gasteiger partial charge in [-0.1, -0.05) is 27.2 Å². The number of carbonyl (C=O) groups excluding carboxylic acids is 1. The van der Waals surface area contributed by atoms with E-state index in [4.69, 9.17) is 5.73 Å². The fraction of sp³-hybridized carbons (Fsp3) is 0.909. The Morgan fingerprint density at radius 3 is 2.29 bits per heavy atom. The van der Waals surface area contributed by atoms with Gasteiger partial charge in [0.2, 0.25) is 5.91 Å². The third-order valence-corrected chi connectivity index (χ3v) is 2.36. The standard InChI is InChI=1S/C11H24N2O/c1-6-7-11(4,5)13-10(14)9(12)8(2)3/h8-9H,6-7,12H2,1-5H3,(H,13,14). The summed E-state index contributed by atoms with van der Waals surface area (Å²) >= 11 is 0. The summed E-state index contributed by atoms with van der Waals surface area (Å²) in [7, 11) is 0. The Balaban J connectivity index is 4.17. The van der Waals surface area contributed by atoms with Gasteiger partial charge in [0.05, 0.1) is 6.04 Å². The molecule has 3 heteroatoms. The van der Waals surface area contributed by atoms with Crippen LogP contribution in [0.25, 0.3) is 0 Å². The maximum Gasteiger partial charge on any atom is 0.237 e. The van der Waals surface area contributed by atoms with E-state index in [0.717, 1.165) is 12.8 Å². The van der Waals surface area contributed by atoms with E-state index < -0.39 is 6.04 Å². The molecule has 3 nitrogen and oxygen atoms in total. The van der Waals surface area contributed by atoms with Crippen LogP contribution in [0.3, 0.4) is 0 Å². The molecule has 0 rings (SSSR count). The van der Waals surface area contributed by atoms with E-state index in [1.807, 2.05) is 27.7 Å². The first-order valence-corrected chi connectivity index (χ1v) is 5.37. The molecule has 0 bridgehead atoms. The quantitative estimate of drug-likeness (QED) is 0.709. The normalized spacial score (nSPS) is 14.2. The van der Waals surface area contributed by atoms with Crippen molar-refractivity contribution >= 4 is 5.91 Å². The van der Waals surface area contributed by atoms with Crippen LogP contribution < -0.4 is 11.1 Å². The number of nitrogens with two attached hydrogens (primary N) is 1. The van der Waals surface area contributed by atoms with E-state index in [1.54, 1.807) is 0 Å². The molecule has 1 amide bonds. The van der Waals surface area contributed by atoms with Crippen LogP contribution in [0.1, 0.15) is 47.5 Å². The molecule has 1 atom stereocenters. The van der Waals surface area contributed by atoms with E-state index in [1.165, 1.54) is 0 Å². The van der Waals surface area contributed by atoms with Gasteiger partial charge in [0.25, 0.3) is 0 Å². The number of amides is 1. The molecule has 0 aliphatic carbocycles. The fourth-order valence-electron chi connectivity index (χ4n) is 1.41. The van der Waals surface area contributed by atoms with E-state index in [2.05, 4.69) is 12.2 Å². The van der Waals surface area contributed by atoms with Crippen molar-refractivity contribution in [2.75, 3.05) is 0 Å². The lowest BCUT2D eigenvalue weighted by molar-refractivity contribution is -0.124. The minimum atomic E-state index is -0.397. The van der Waals surface area contributed by atoms with Crippen molar-refractivity contribution in [1.82, 2.24) is 5.32 Å². The molecule has 0 saturated heterocycles. The predicted molar refractivity (Wildman–Crippen MR) is 59.9 cm³/mol. The Morgan fingerprint density at radius 1 is 1.43 bits per heavy atom. The van der Waals surface area contributed by atoms with E-state index >= 15 is 0 Å².